The first kappa shape index (κ1) is 16.3. The molecule has 2 unspecified atom stereocenters. The van der Waals surface area contributed by atoms with Crippen LogP contribution in [0, 0.1) is 5.92 Å². The van der Waals surface area contributed by atoms with Gasteiger partial charge in [0.1, 0.15) is 10.4 Å². The number of hydrogen-bond donors (Lipinski definition) is 2. The number of nitrogens with one attached hydrogen (secondary N) is 1. The topological polar surface area (TPSA) is 115 Å². The Balaban J connectivity index is 2.06. The second-order valence-corrected chi connectivity index (χ2v) is 7.34. The molecule has 3 rings (SSSR count). The fourth-order valence-corrected chi connectivity index (χ4v) is 4.30. The van der Waals surface area contributed by atoms with E-state index in [0.717, 1.165) is 0 Å². The number of benzene rings is 1. The van der Waals surface area contributed by atoms with Crippen molar-refractivity contribution in [3.8, 4) is 0 Å². The average molecular weight is 344 g/mol. The maximum Gasteiger partial charge on any atom is 0.243 e. The van der Waals surface area contributed by atoms with Crippen LogP contribution in [0.2, 0.25) is 0 Å². The summed E-state index contributed by atoms with van der Waals surface area (Å²) < 4.78 is 28.4. The number of carbonyl (C=O) groups is 1. The van der Waals surface area contributed by atoms with Gasteiger partial charge in [0.2, 0.25) is 15.9 Å². The predicted molar refractivity (Wildman–Crippen MR) is 89.2 cm³/mol. The Bertz CT molecular complexity index is 963. The number of amides is 1. The quantitative estimate of drug-likeness (QED) is 0.855. The second-order valence-electron chi connectivity index (χ2n) is 5.69. The highest BCUT2D eigenvalue weighted by atomic mass is 32.2. The van der Waals surface area contributed by atoms with Gasteiger partial charge < -0.3 is 5.73 Å². The lowest BCUT2D eigenvalue weighted by atomic mass is 9.83. The van der Waals surface area contributed by atoms with Gasteiger partial charge in [0.25, 0.3) is 0 Å². The van der Waals surface area contributed by atoms with Gasteiger partial charge in [-0.05, 0) is 19.1 Å². The summed E-state index contributed by atoms with van der Waals surface area (Å²) in [5.41, 5.74) is 4.98. The molecule has 1 aliphatic rings. The predicted octanol–water partition coefficient (Wildman–Crippen LogP) is 0.894. The summed E-state index contributed by atoms with van der Waals surface area (Å²) in [6.45, 7) is 1.61. The Morgan fingerprint density at radius 3 is 2.75 bits per heavy atom. The summed E-state index contributed by atoms with van der Waals surface area (Å²) in [6, 6.07) is 4.72. The Hall–Kier alpha value is -2.58. The van der Waals surface area contributed by atoms with Crippen molar-refractivity contribution in [1.82, 2.24) is 14.7 Å². The van der Waals surface area contributed by atoms with Crippen LogP contribution < -0.4 is 10.5 Å². The zero-order chi connectivity index (χ0) is 17.4. The molecule has 0 radical (unpaired) electrons. The highest BCUT2D eigenvalue weighted by molar-refractivity contribution is 7.89. The van der Waals surface area contributed by atoms with Crippen LogP contribution >= 0.6 is 0 Å². The minimum absolute atomic E-state index is 0.000462. The molecule has 1 aromatic heterocycles. The van der Waals surface area contributed by atoms with E-state index in [-0.39, 0.29) is 10.4 Å². The van der Waals surface area contributed by atoms with Crippen molar-refractivity contribution < 1.29 is 13.2 Å². The van der Waals surface area contributed by atoms with Crippen molar-refractivity contribution in [2.75, 3.05) is 0 Å². The van der Waals surface area contributed by atoms with Crippen LogP contribution in [-0.2, 0) is 14.8 Å². The molecule has 1 aliphatic carbocycles. The monoisotopic (exact) mass is 344 g/mol. The standard InChI is InChI=1S/C16H16N4O3S/c1-16(8-3-2-5-11(16)15(17)21)20-24(22,23)13-7-4-6-12-14(13)19-10-9-18-12/h2-11,20H,1H3,(H2,17,21). The fraction of sp³-hybridized carbons (Fsp3) is 0.188. The van der Waals surface area contributed by atoms with E-state index >= 15 is 0 Å². The van der Waals surface area contributed by atoms with E-state index in [9.17, 15) is 13.2 Å². The van der Waals surface area contributed by atoms with Gasteiger partial charge in [-0.25, -0.2) is 13.1 Å². The summed E-state index contributed by atoms with van der Waals surface area (Å²) >= 11 is 0. The molecule has 1 amide bonds. The van der Waals surface area contributed by atoms with Crippen LogP contribution in [0.4, 0.5) is 0 Å². The molecular weight excluding hydrogens is 328 g/mol. The normalized spacial score (nSPS) is 23.5. The summed E-state index contributed by atoms with van der Waals surface area (Å²) in [6.07, 6.45) is 9.44. The molecule has 2 atom stereocenters. The lowest BCUT2D eigenvalue weighted by Gasteiger charge is -2.33. The number of aromatic nitrogens is 2. The summed E-state index contributed by atoms with van der Waals surface area (Å²) in [5.74, 6) is -1.41. The van der Waals surface area contributed by atoms with Crippen LogP contribution in [0.5, 0.6) is 0 Å². The number of rotatable bonds is 4. The van der Waals surface area contributed by atoms with E-state index in [1.165, 1.54) is 18.5 Å². The largest absolute Gasteiger partial charge is 0.369 e. The van der Waals surface area contributed by atoms with E-state index in [0.29, 0.717) is 5.52 Å². The summed E-state index contributed by atoms with van der Waals surface area (Å²) in [7, 11) is -3.96. The van der Waals surface area contributed by atoms with Crippen molar-refractivity contribution in [2.45, 2.75) is 17.4 Å². The lowest BCUT2D eigenvalue weighted by Crippen LogP contribution is -2.54. The van der Waals surface area contributed by atoms with Crippen LogP contribution in [0.1, 0.15) is 6.92 Å². The molecule has 0 saturated carbocycles. The Kier molecular flexibility index (Phi) is 3.94. The maximum absolute atomic E-state index is 12.9. The smallest absolute Gasteiger partial charge is 0.243 e. The van der Waals surface area contributed by atoms with Crippen LogP contribution in [0.15, 0.2) is 59.8 Å². The van der Waals surface area contributed by atoms with Gasteiger partial charge in [0, 0.05) is 12.4 Å². The molecule has 0 aliphatic heterocycles. The van der Waals surface area contributed by atoms with Gasteiger partial charge in [-0.15, -0.1) is 0 Å². The summed E-state index contributed by atoms with van der Waals surface area (Å²) in [4.78, 5) is 19.9. The van der Waals surface area contributed by atoms with Gasteiger partial charge in [0.05, 0.1) is 17.0 Å². The zero-order valence-corrected chi connectivity index (χ0v) is 13.7. The molecule has 2 aromatic rings. The Morgan fingerprint density at radius 2 is 2.00 bits per heavy atom. The van der Waals surface area contributed by atoms with Crippen molar-refractivity contribution in [1.29, 1.82) is 0 Å². The minimum Gasteiger partial charge on any atom is -0.369 e. The number of hydrogen-bond acceptors (Lipinski definition) is 5. The zero-order valence-electron chi connectivity index (χ0n) is 12.9. The molecule has 24 heavy (non-hydrogen) atoms. The molecule has 7 nitrogen and oxygen atoms in total. The maximum atomic E-state index is 12.9. The van der Waals surface area contributed by atoms with Crippen molar-refractivity contribution in [3.05, 3.63) is 54.9 Å². The van der Waals surface area contributed by atoms with Crippen LogP contribution in [-0.4, -0.2) is 29.8 Å². The molecule has 0 fully saturated rings. The highest BCUT2D eigenvalue weighted by Crippen LogP contribution is 2.28. The lowest BCUT2D eigenvalue weighted by molar-refractivity contribution is -0.121. The molecule has 3 N–H and O–H groups in total. The van der Waals surface area contributed by atoms with Crippen LogP contribution in [0.3, 0.4) is 0 Å². The summed E-state index contributed by atoms with van der Waals surface area (Å²) in [5, 5.41) is 0. The Labute approximate surface area is 139 Å². The van der Waals surface area contributed by atoms with Gasteiger partial charge in [-0.1, -0.05) is 30.4 Å². The Morgan fingerprint density at radius 1 is 1.25 bits per heavy atom. The van der Waals surface area contributed by atoms with Crippen LogP contribution in [0.25, 0.3) is 11.0 Å². The first-order valence-electron chi connectivity index (χ1n) is 7.22. The van der Waals surface area contributed by atoms with E-state index in [4.69, 9.17) is 5.73 Å². The molecule has 0 saturated heterocycles. The first-order valence-corrected chi connectivity index (χ1v) is 8.71. The van der Waals surface area contributed by atoms with Crippen molar-refractivity contribution in [3.63, 3.8) is 0 Å². The van der Waals surface area contributed by atoms with Gasteiger partial charge >= 0.3 is 0 Å². The molecule has 0 spiro atoms. The van der Waals surface area contributed by atoms with Gasteiger partial charge in [0.15, 0.2) is 0 Å². The number of allylic oxidation sites excluding steroid dienone is 2. The third-order valence-corrected chi connectivity index (χ3v) is 5.53. The molecule has 1 heterocycles. The number of sulfonamides is 1. The molecular formula is C16H16N4O3S. The number of nitrogens with zero attached hydrogens (tertiary/aromatic N) is 2. The number of primary amides is 1. The van der Waals surface area contributed by atoms with Gasteiger partial charge in [-0.2, -0.15) is 0 Å². The van der Waals surface area contributed by atoms with Crippen molar-refractivity contribution in [2.24, 2.45) is 11.7 Å². The highest BCUT2D eigenvalue weighted by Gasteiger charge is 2.39. The molecule has 8 heteroatoms. The molecule has 1 aromatic carbocycles. The SMILES string of the molecule is CC1(NS(=O)(=O)c2cccc3nccnc23)C=CC=CC1C(N)=O. The average Bonchev–Trinajstić information content (AvgIpc) is 2.53. The van der Waals surface area contributed by atoms with E-state index in [1.807, 2.05) is 0 Å². The van der Waals surface area contributed by atoms with Gasteiger partial charge in [-0.3, -0.25) is 14.8 Å². The van der Waals surface area contributed by atoms with E-state index in [2.05, 4.69) is 14.7 Å². The third kappa shape index (κ3) is 2.81. The first-order chi connectivity index (χ1) is 11.3. The van der Waals surface area contributed by atoms with Crippen molar-refractivity contribution >= 4 is 27.0 Å². The fourth-order valence-electron chi connectivity index (χ4n) is 2.75. The number of para-hydroxylation sites is 1. The molecule has 0 bridgehead atoms. The van der Waals surface area contributed by atoms with E-state index < -0.39 is 27.4 Å². The number of fused-ring (bicyclic) bond motifs is 1. The molecule has 124 valence electrons. The third-order valence-electron chi connectivity index (χ3n) is 3.92. The minimum atomic E-state index is -3.96. The number of nitrogens with two attached hydrogens (primary N) is 1. The number of carbonyl (C=O) groups excluding carboxylic acids is 1. The second kappa shape index (κ2) is 5.81. The van der Waals surface area contributed by atoms with E-state index in [1.54, 1.807) is 43.4 Å².